The molecule has 1 N–H and O–H groups in total. The van der Waals surface area contributed by atoms with Crippen LogP contribution < -0.4 is 9.47 Å². The van der Waals surface area contributed by atoms with Crippen molar-refractivity contribution in [1.82, 2.24) is 4.98 Å². The van der Waals surface area contributed by atoms with E-state index in [9.17, 15) is 5.26 Å². The topological polar surface area (TPSA) is 79.7 Å². The Kier molecular flexibility index (Phi) is 5.42. The lowest BCUT2D eigenvalue weighted by molar-refractivity contribution is 0.201. The maximum atomic E-state index is 9.38. The molecule has 6 nitrogen and oxygen atoms in total. The number of hydrogen-bond donors (Lipinski definition) is 2. The zero-order valence-corrected chi connectivity index (χ0v) is 13.2. The Morgan fingerprint density at radius 3 is 2.61 bits per heavy atom. The summed E-state index contributed by atoms with van der Waals surface area (Å²) in [6, 6.07) is 8.89. The summed E-state index contributed by atoms with van der Waals surface area (Å²) in [5.41, 5.74) is 1.45. The molecule has 2 rings (SSSR count). The van der Waals surface area contributed by atoms with Crippen LogP contribution in [0.25, 0.3) is 16.0 Å². The van der Waals surface area contributed by atoms with Gasteiger partial charge in [0.2, 0.25) is 5.88 Å². The fourth-order valence-corrected chi connectivity index (χ4v) is 2.31. The first kappa shape index (κ1) is 16.6. The van der Waals surface area contributed by atoms with Crippen LogP contribution in [0.15, 0.2) is 29.3 Å². The summed E-state index contributed by atoms with van der Waals surface area (Å²) >= 11 is 4.21. The number of ether oxygens (including phenoxy) is 2. The Bertz CT molecular complexity index is 792. The first-order chi connectivity index (χ1) is 11.2. The van der Waals surface area contributed by atoms with Gasteiger partial charge in [-0.2, -0.15) is 5.26 Å². The van der Waals surface area contributed by atoms with Gasteiger partial charge < -0.3 is 14.6 Å². The molecule has 0 aliphatic heterocycles. The Balaban J connectivity index is 2.60. The standard InChI is InChI=1S/C16H13N3O3S/c1-18-14-13(12(9-17)16(23)19-15(14)21-2)10-3-5-11(6-4-10)22-8-7-20/h3-6,20H,7-8H2,2H3,(H,19,23). The zero-order valence-electron chi connectivity index (χ0n) is 12.3. The molecular formula is C16H13N3O3S. The van der Waals surface area contributed by atoms with Gasteiger partial charge in [-0.05, 0) is 17.7 Å². The van der Waals surface area contributed by atoms with E-state index in [4.69, 9.17) is 21.2 Å². The second-order valence-corrected chi connectivity index (χ2v) is 4.79. The van der Waals surface area contributed by atoms with Crippen LogP contribution in [0.2, 0.25) is 0 Å². The fourth-order valence-electron chi connectivity index (χ4n) is 2.06. The normalized spacial score (nSPS) is 9.78. The lowest BCUT2D eigenvalue weighted by Gasteiger charge is -2.13. The van der Waals surface area contributed by atoms with Crippen LogP contribution in [-0.2, 0) is 0 Å². The summed E-state index contributed by atoms with van der Waals surface area (Å²) < 4.78 is 10.4. The molecule has 0 bridgehead atoms. The molecule has 0 unspecified atom stereocenters. The van der Waals surface area contributed by atoms with E-state index in [0.717, 1.165) is 0 Å². The van der Waals surface area contributed by atoms with Crippen LogP contribution in [0.5, 0.6) is 11.6 Å². The van der Waals surface area contributed by atoms with E-state index in [1.807, 2.05) is 6.07 Å². The van der Waals surface area contributed by atoms with Crippen LogP contribution in [0, 0.1) is 17.9 Å². The van der Waals surface area contributed by atoms with Gasteiger partial charge in [0.25, 0.3) is 5.69 Å². The average molecular weight is 327 g/mol. The van der Waals surface area contributed by atoms with Gasteiger partial charge in [0, 0.05) is 5.56 Å². The summed E-state index contributed by atoms with van der Waals surface area (Å²) in [6.45, 7) is 7.49. The van der Waals surface area contributed by atoms with E-state index in [-0.39, 0.29) is 35.4 Å². The molecule has 1 aromatic heterocycles. The zero-order chi connectivity index (χ0) is 16.8. The molecule has 0 amide bonds. The van der Waals surface area contributed by atoms with Crippen molar-refractivity contribution in [1.29, 1.82) is 5.26 Å². The van der Waals surface area contributed by atoms with Gasteiger partial charge in [0.05, 0.1) is 25.9 Å². The SMILES string of the molecule is [C-]#[N+]c1c(OC)nc(S)c(C#N)c1-c1ccc(OCCO)cc1. The van der Waals surface area contributed by atoms with Crippen molar-refractivity contribution < 1.29 is 14.6 Å². The molecule has 0 aliphatic carbocycles. The third-order valence-corrected chi connectivity index (χ3v) is 3.36. The van der Waals surface area contributed by atoms with Gasteiger partial charge in [-0.15, -0.1) is 12.6 Å². The third kappa shape index (κ3) is 3.37. The number of aliphatic hydroxyl groups excluding tert-OH is 1. The quantitative estimate of drug-likeness (QED) is 0.652. The van der Waals surface area contributed by atoms with E-state index in [2.05, 4.69) is 22.5 Å². The highest BCUT2D eigenvalue weighted by atomic mass is 32.1. The molecule has 0 aliphatic rings. The fraction of sp³-hybridized carbons (Fsp3) is 0.188. The van der Waals surface area contributed by atoms with Gasteiger partial charge >= 0.3 is 0 Å². The van der Waals surface area contributed by atoms with E-state index in [0.29, 0.717) is 16.9 Å². The van der Waals surface area contributed by atoms with Crippen LogP contribution in [0.3, 0.4) is 0 Å². The van der Waals surface area contributed by atoms with E-state index >= 15 is 0 Å². The van der Waals surface area contributed by atoms with E-state index in [1.54, 1.807) is 24.3 Å². The number of rotatable bonds is 5. The lowest BCUT2D eigenvalue weighted by Crippen LogP contribution is -2.01. The van der Waals surface area contributed by atoms with Gasteiger partial charge in [0.1, 0.15) is 23.5 Å². The number of hydrogen-bond acceptors (Lipinski definition) is 6. The van der Waals surface area contributed by atoms with Gasteiger partial charge in [-0.25, -0.2) is 9.83 Å². The molecule has 2 aromatic rings. The van der Waals surface area contributed by atoms with Crippen LogP contribution in [-0.4, -0.2) is 30.4 Å². The molecule has 0 spiro atoms. The van der Waals surface area contributed by atoms with E-state index < -0.39 is 0 Å². The number of benzene rings is 1. The summed E-state index contributed by atoms with van der Waals surface area (Å²) in [5, 5.41) is 18.3. The Morgan fingerprint density at radius 2 is 2.09 bits per heavy atom. The molecule has 0 saturated heterocycles. The van der Waals surface area contributed by atoms with Gasteiger partial charge in [-0.3, -0.25) is 0 Å². The molecule has 0 radical (unpaired) electrons. The minimum Gasteiger partial charge on any atom is -0.491 e. The molecule has 0 atom stereocenters. The van der Waals surface area contributed by atoms with Gasteiger partial charge in [0.15, 0.2) is 0 Å². The molecule has 1 aromatic carbocycles. The monoisotopic (exact) mass is 327 g/mol. The maximum absolute atomic E-state index is 9.38. The van der Waals surface area contributed by atoms with Crippen molar-refractivity contribution in [3.63, 3.8) is 0 Å². The predicted octanol–water partition coefficient (Wildman–Crippen LogP) is 2.84. The largest absolute Gasteiger partial charge is 0.491 e. The molecular weight excluding hydrogens is 314 g/mol. The molecule has 1 heterocycles. The molecule has 0 fully saturated rings. The summed E-state index contributed by atoms with van der Waals surface area (Å²) in [7, 11) is 1.41. The first-order valence-corrected chi connectivity index (χ1v) is 7.03. The predicted molar refractivity (Wildman–Crippen MR) is 87.0 cm³/mol. The van der Waals surface area contributed by atoms with Crippen molar-refractivity contribution in [2.75, 3.05) is 20.3 Å². The van der Waals surface area contributed by atoms with Crippen molar-refractivity contribution in [2.24, 2.45) is 0 Å². The van der Waals surface area contributed by atoms with Crippen molar-refractivity contribution in [3.8, 4) is 28.8 Å². The number of aromatic nitrogens is 1. The summed E-state index contributed by atoms with van der Waals surface area (Å²) in [4.78, 5) is 7.48. The summed E-state index contributed by atoms with van der Waals surface area (Å²) in [6.07, 6.45) is 0. The van der Waals surface area contributed by atoms with Crippen molar-refractivity contribution in [3.05, 3.63) is 41.2 Å². The second-order valence-electron chi connectivity index (χ2n) is 4.36. The average Bonchev–Trinajstić information content (AvgIpc) is 2.59. The third-order valence-electron chi connectivity index (χ3n) is 3.04. The van der Waals surface area contributed by atoms with Gasteiger partial charge in [-0.1, -0.05) is 12.1 Å². The Morgan fingerprint density at radius 1 is 1.39 bits per heavy atom. The number of nitrogens with zero attached hydrogens (tertiary/aromatic N) is 3. The molecule has 7 heteroatoms. The Hall–Kier alpha value is -2.74. The maximum Gasteiger partial charge on any atom is 0.256 e. The molecule has 0 saturated carbocycles. The minimum absolute atomic E-state index is 0.0766. The van der Waals surface area contributed by atoms with E-state index in [1.165, 1.54) is 7.11 Å². The number of nitriles is 1. The number of pyridine rings is 1. The highest BCUT2D eigenvalue weighted by Crippen LogP contribution is 2.41. The Labute approximate surface area is 139 Å². The highest BCUT2D eigenvalue weighted by molar-refractivity contribution is 7.80. The first-order valence-electron chi connectivity index (χ1n) is 6.58. The number of aliphatic hydroxyl groups is 1. The van der Waals surface area contributed by atoms with Crippen molar-refractivity contribution >= 4 is 18.3 Å². The van der Waals surface area contributed by atoms with Crippen LogP contribution >= 0.6 is 12.6 Å². The highest BCUT2D eigenvalue weighted by Gasteiger charge is 2.20. The number of thiol groups is 1. The summed E-state index contributed by atoms with van der Waals surface area (Å²) in [5.74, 6) is 0.706. The van der Waals surface area contributed by atoms with Crippen LogP contribution in [0.4, 0.5) is 5.69 Å². The minimum atomic E-state index is -0.0766. The second kappa shape index (κ2) is 7.50. The smallest absolute Gasteiger partial charge is 0.256 e. The van der Waals surface area contributed by atoms with Crippen molar-refractivity contribution in [2.45, 2.75) is 5.03 Å². The van der Waals surface area contributed by atoms with Crippen LogP contribution in [0.1, 0.15) is 5.56 Å². The molecule has 23 heavy (non-hydrogen) atoms. The lowest BCUT2D eigenvalue weighted by atomic mass is 10.00. The molecule has 116 valence electrons. The number of methoxy groups -OCH3 is 1.